The number of halogens is 2. The number of fused-ring (bicyclic) bond motifs is 1. The molecule has 9 heteroatoms. The second-order valence-corrected chi connectivity index (χ2v) is 8.59. The van der Waals surface area contributed by atoms with Gasteiger partial charge >= 0.3 is 0 Å². The lowest BCUT2D eigenvalue weighted by Crippen LogP contribution is -2.39. The number of nitrogens with zero attached hydrogens (tertiary/aromatic N) is 2. The summed E-state index contributed by atoms with van der Waals surface area (Å²) in [4.78, 5) is 25.8. The fourth-order valence-electron chi connectivity index (χ4n) is 3.66. The first-order valence-corrected chi connectivity index (χ1v) is 11.1. The van der Waals surface area contributed by atoms with E-state index in [4.69, 9.17) is 43.7 Å². The van der Waals surface area contributed by atoms with E-state index in [2.05, 4.69) is 0 Å². The summed E-state index contributed by atoms with van der Waals surface area (Å²) in [6.45, 7) is 0.762. The second kappa shape index (κ2) is 10.0. The van der Waals surface area contributed by atoms with Gasteiger partial charge in [-0.15, -0.1) is 0 Å². The molecule has 4 rings (SSSR count). The number of benzene rings is 3. The summed E-state index contributed by atoms with van der Waals surface area (Å²) in [6, 6.07) is 16.7. The van der Waals surface area contributed by atoms with Gasteiger partial charge in [0.25, 0.3) is 5.91 Å². The number of carbonyl (C=O) groups is 2. The highest BCUT2D eigenvalue weighted by molar-refractivity contribution is 6.31. The van der Waals surface area contributed by atoms with Gasteiger partial charge in [-0.2, -0.15) is 5.26 Å². The zero-order valence-electron chi connectivity index (χ0n) is 17.9. The molecule has 0 saturated carbocycles. The molecule has 34 heavy (non-hydrogen) atoms. The van der Waals surface area contributed by atoms with Crippen molar-refractivity contribution in [3.8, 4) is 23.3 Å². The van der Waals surface area contributed by atoms with E-state index in [1.807, 2.05) is 12.1 Å². The zero-order valence-corrected chi connectivity index (χ0v) is 19.4. The van der Waals surface area contributed by atoms with Crippen LogP contribution in [0.25, 0.3) is 0 Å². The third-order valence-corrected chi connectivity index (χ3v) is 5.74. The molecule has 0 saturated heterocycles. The van der Waals surface area contributed by atoms with Gasteiger partial charge < -0.3 is 20.1 Å². The highest BCUT2D eigenvalue weighted by Gasteiger charge is 2.22. The molecule has 7 nitrogen and oxygen atoms in total. The smallest absolute Gasteiger partial charge is 0.260 e. The number of primary amides is 1. The lowest BCUT2D eigenvalue weighted by Gasteiger charge is -2.29. The fourth-order valence-corrected chi connectivity index (χ4v) is 4.10. The number of rotatable bonds is 6. The van der Waals surface area contributed by atoms with Gasteiger partial charge in [0.15, 0.2) is 6.61 Å². The van der Waals surface area contributed by atoms with Crippen LogP contribution in [0.4, 0.5) is 0 Å². The Morgan fingerprint density at radius 2 is 1.68 bits per heavy atom. The van der Waals surface area contributed by atoms with E-state index in [0.29, 0.717) is 57.9 Å². The van der Waals surface area contributed by atoms with Gasteiger partial charge in [0.05, 0.1) is 11.6 Å². The number of hydrogen-bond acceptors (Lipinski definition) is 5. The molecule has 3 aromatic carbocycles. The summed E-state index contributed by atoms with van der Waals surface area (Å²) in [5.74, 6) is 0.459. The first-order chi connectivity index (χ1) is 16.3. The minimum atomic E-state index is -0.472. The van der Waals surface area contributed by atoms with Gasteiger partial charge in [-0.05, 0) is 60.0 Å². The maximum absolute atomic E-state index is 12.7. The molecule has 2 N–H and O–H groups in total. The molecule has 2 amide bonds. The van der Waals surface area contributed by atoms with Gasteiger partial charge in [0.2, 0.25) is 5.91 Å². The monoisotopic (exact) mass is 495 g/mol. The zero-order chi connectivity index (χ0) is 24.2. The first-order valence-electron chi connectivity index (χ1n) is 10.3. The number of nitrogens with two attached hydrogens (primary N) is 1. The van der Waals surface area contributed by atoms with Crippen LogP contribution in [0.2, 0.25) is 10.0 Å². The molecular weight excluding hydrogens is 477 g/mol. The Hall–Kier alpha value is -3.73. The lowest BCUT2D eigenvalue weighted by molar-refractivity contribution is -0.134. The van der Waals surface area contributed by atoms with Crippen LogP contribution in [0.3, 0.4) is 0 Å². The van der Waals surface area contributed by atoms with Crippen LogP contribution in [0, 0.1) is 11.3 Å². The van der Waals surface area contributed by atoms with Crippen molar-refractivity contribution in [2.24, 2.45) is 5.73 Å². The van der Waals surface area contributed by atoms with Crippen molar-refractivity contribution in [3.05, 3.63) is 86.9 Å². The van der Waals surface area contributed by atoms with Crippen LogP contribution in [-0.4, -0.2) is 29.9 Å². The number of hydrogen-bond donors (Lipinski definition) is 1. The third-order valence-electron chi connectivity index (χ3n) is 5.30. The van der Waals surface area contributed by atoms with Gasteiger partial charge in [-0.1, -0.05) is 29.3 Å². The van der Waals surface area contributed by atoms with Crippen LogP contribution in [-0.2, 0) is 17.8 Å². The molecule has 172 valence electrons. The first kappa shape index (κ1) is 23.4. The van der Waals surface area contributed by atoms with Crippen molar-refractivity contribution in [1.82, 2.24) is 4.90 Å². The van der Waals surface area contributed by atoms with Crippen LogP contribution in [0.5, 0.6) is 17.2 Å². The standard InChI is InChI=1S/C25H19Cl2N3O4/c26-19-5-15(12-28)6-22(9-19)34-23-10-20(27)8-21(11-23)33-14-24(31)30-4-3-16-7-17(25(29)32)1-2-18(16)13-30/h1-2,5-11H,3-4,13-14H2,(H2,29,32). The van der Waals surface area contributed by atoms with E-state index >= 15 is 0 Å². The minimum Gasteiger partial charge on any atom is -0.484 e. The lowest BCUT2D eigenvalue weighted by atomic mass is 9.97. The van der Waals surface area contributed by atoms with Crippen molar-refractivity contribution in [3.63, 3.8) is 0 Å². The Bertz CT molecular complexity index is 1320. The van der Waals surface area contributed by atoms with Gasteiger partial charge in [0, 0.05) is 34.8 Å². The van der Waals surface area contributed by atoms with E-state index in [1.54, 1.807) is 47.4 Å². The Labute approximate surface area is 206 Å². The summed E-state index contributed by atoms with van der Waals surface area (Å²) in [5, 5.41) is 9.83. The molecule has 0 bridgehead atoms. The summed E-state index contributed by atoms with van der Waals surface area (Å²) in [6.07, 6.45) is 0.627. The normalized spacial score (nSPS) is 12.4. The number of nitriles is 1. The number of ether oxygens (including phenoxy) is 2. The Kier molecular flexibility index (Phi) is 6.92. The topological polar surface area (TPSA) is 106 Å². The van der Waals surface area contributed by atoms with Gasteiger partial charge in [-0.3, -0.25) is 9.59 Å². The molecule has 0 atom stereocenters. The minimum absolute atomic E-state index is 0.176. The summed E-state index contributed by atoms with van der Waals surface area (Å²) in [5.41, 5.74) is 8.15. The van der Waals surface area contributed by atoms with Gasteiger partial charge in [-0.25, -0.2) is 0 Å². The Morgan fingerprint density at radius 1 is 0.971 bits per heavy atom. The predicted octanol–water partition coefficient (Wildman–Crippen LogP) is 4.72. The van der Waals surface area contributed by atoms with E-state index in [1.165, 1.54) is 6.07 Å². The molecule has 0 radical (unpaired) electrons. The molecule has 0 aromatic heterocycles. The second-order valence-electron chi connectivity index (χ2n) is 7.71. The van der Waals surface area contributed by atoms with Crippen LogP contribution in [0.15, 0.2) is 54.6 Å². The average molecular weight is 496 g/mol. The van der Waals surface area contributed by atoms with Gasteiger partial charge in [0.1, 0.15) is 17.2 Å². The van der Waals surface area contributed by atoms with E-state index in [0.717, 1.165) is 11.1 Å². The molecule has 1 aliphatic heterocycles. The molecule has 0 spiro atoms. The SMILES string of the molecule is N#Cc1cc(Cl)cc(Oc2cc(Cl)cc(OCC(=O)N3CCc4cc(C(N)=O)ccc4C3)c2)c1. The van der Waals surface area contributed by atoms with E-state index < -0.39 is 5.91 Å². The van der Waals surface area contributed by atoms with Crippen molar-refractivity contribution >= 4 is 35.0 Å². The molecule has 1 heterocycles. The molecule has 0 fully saturated rings. The van der Waals surface area contributed by atoms with Crippen LogP contribution < -0.4 is 15.2 Å². The van der Waals surface area contributed by atoms with Crippen molar-refractivity contribution in [2.45, 2.75) is 13.0 Å². The third kappa shape index (κ3) is 5.60. The molecule has 3 aromatic rings. The summed E-state index contributed by atoms with van der Waals surface area (Å²) < 4.78 is 11.5. The maximum atomic E-state index is 12.7. The molecule has 0 unspecified atom stereocenters. The van der Waals surface area contributed by atoms with Crippen LogP contribution >= 0.6 is 23.2 Å². The maximum Gasteiger partial charge on any atom is 0.260 e. The Morgan fingerprint density at radius 3 is 2.41 bits per heavy atom. The van der Waals surface area contributed by atoms with E-state index in [9.17, 15) is 9.59 Å². The predicted molar refractivity (Wildman–Crippen MR) is 127 cm³/mol. The van der Waals surface area contributed by atoms with Crippen LogP contribution in [0.1, 0.15) is 27.0 Å². The van der Waals surface area contributed by atoms with Crippen molar-refractivity contribution in [1.29, 1.82) is 5.26 Å². The highest BCUT2D eigenvalue weighted by Crippen LogP contribution is 2.31. The molecule has 0 aliphatic carbocycles. The number of carbonyl (C=O) groups excluding carboxylic acids is 2. The summed E-state index contributed by atoms with van der Waals surface area (Å²) >= 11 is 12.2. The molecule has 1 aliphatic rings. The number of amides is 2. The highest BCUT2D eigenvalue weighted by atomic mass is 35.5. The van der Waals surface area contributed by atoms with Crippen molar-refractivity contribution in [2.75, 3.05) is 13.2 Å². The largest absolute Gasteiger partial charge is 0.484 e. The Balaban J connectivity index is 1.40. The average Bonchev–Trinajstić information content (AvgIpc) is 2.81. The summed E-state index contributed by atoms with van der Waals surface area (Å²) in [7, 11) is 0. The molecular formula is C25H19Cl2N3O4. The quantitative estimate of drug-likeness (QED) is 0.532. The van der Waals surface area contributed by atoms with E-state index in [-0.39, 0.29) is 12.5 Å². The fraction of sp³-hybridized carbons (Fsp3) is 0.160. The van der Waals surface area contributed by atoms with Crippen molar-refractivity contribution < 1.29 is 19.1 Å².